The highest BCUT2D eigenvalue weighted by molar-refractivity contribution is 7.18. The number of carbonyl (C=O) groups is 1. The number of aromatic nitrogens is 2. The number of benzene rings is 1. The van der Waals surface area contributed by atoms with Crippen molar-refractivity contribution in [2.75, 3.05) is 0 Å². The first-order chi connectivity index (χ1) is 14.5. The first-order valence-corrected chi connectivity index (χ1v) is 11.2. The summed E-state index contributed by atoms with van der Waals surface area (Å²) in [6.07, 6.45) is 7.26. The second-order valence-corrected chi connectivity index (χ2v) is 9.16. The van der Waals surface area contributed by atoms with Crippen molar-refractivity contribution in [3.8, 4) is 0 Å². The number of hydrazone groups is 1. The van der Waals surface area contributed by atoms with E-state index in [0.29, 0.717) is 11.3 Å². The van der Waals surface area contributed by atoms with Crippen LogP contribution in [-0.4, -0.2) is 21.7 Å². The molecule has 1 amide bonds. The van der Waals surface area contributed by atoms with Crippen LogP contribution in [0.5, 0.6) is 0 Å². The molecular weight excluding hydrogens is 396 g/mol. The molecule has 2 heterocycles. The van der Waals surface area contributed by atoms with Gasteiger partial charge in [0.2, 0.25) is 0 Å². The third kappa shape index (κ3) is 3.94. The molecule has 1 aliphatic rings. The van der Waals surface area contributed by atoms with E-state index >= 15 is 0 Å². The molecule has 1 N–H and O–H groups in total. The predicted molar refractivity (Wildman–Crippen MR) is 122 cm³/mol. The van der Waals surface area contributed by atoms with Gasteiger partial charge in [-0.1, -0.05) is 38.1 Å². The minimum atomic E-state index is -0.700. The van der Waals surface area contributed by atoms with Crippen LogP contribution in [0.4, 0.5) is 0 Å². The summed E-state index contributed by atoms with van der Waals surface area (Å²) >= 11 is 1.61. The molecule has 0 unspecified atom stereocenters. The van der Waals surface area contributed by atoms with Crippen molar-refractivity contribution < 1.29 is 4.79 Å². The zero-order valence-electron chi connectivity index (χ0n) is 17.5. The predicted octanol–water partition coefficient (Wildman–Crippen LogP) is 4.17. The Balaban J connectivity index is 1.50. The van der Waals surface area contributed by atoms with Crippen molar-refractivity contribution >= 4 is 33.7 Å². The van der Waals surface area contributed by atoms with Gasteiger partial charge in [0, 0.05) is 4.88 Å². The van der Waals surface area contributed by atoms with E-state index < -0.39 is 6.04 Å². The molecule has 0 aliphatic heterocycles. The van der Waals surface area contributed by atoms with E-state index in [1.54, 1.807) is 24.5 Å². The molecule has 1 atom stereocenters. The Bertz CT molecular complexity index is 1160. The molecule has 0 radical (unpaired) electrons. The fourth-order valence-corrected chi connectivity index (χ4v) is 5.01. The summed E-state index contributed by atoms with van der Waals surface area (Å²) in [4.78, 5) is 32.2. The molecule has 1 aliphatic carbocycles. The number of thiophene rings is 1. The van der Waals surface area contributed by atoms with Crippen LogP contribution in [0.25, 0.3) is 10.2 Å². The molecule has 0 spiro atoms. The summed E-state index contributed by atoms with van der Waals surface area (Å²) in [6.45, 7) is 5.98. The lowest BCUT2D eigenvalue weighted by Crippen LogP contribution is -2.34. The van der Waals surface area contributed by atoms with Gasteiger partial charge in [-0.3, -0.25) is 14.2 Å². The third-order valence-electron chi connectivity index (χ3n) is 5.69. The lowest BCUT2D eigenvalue weighted by molar-refractivity contribution is -0.123. The number of rotatable bonds is 5. The van der Waals surface area contributed by atoms with Gasteiger partial charge in [-0.2, -0.15) is 5.10 Å². The second-order valence-electron chi connectivity index (χ2n) is 8.08. The van der Waals surface area contributed by atoms with E-state index in [2.05, 4.69) is 41.5 Å². The Morgan fingerprint density at radius 2 is 1.93 bits per heavy atom. The van der Waals surface area contributed by atoms with Crippen molar-refractivity contribution in [3.05, 3.63) is 62.5 Å². The standard InChI is InChI=1S/C23H26N4O2S/c1-14(2)17-10-8-16(9-11-17)12-25-26-21(28)15(3)27-13-24-22-20(23(27)29)18-6-4-5-7-19(18)30-22/h8-15H,4-7H2,1-3H3,(H,26,28)/t15-/m0/s1. The van der Waals surface area contributed by atoms with Crippen LogP contribution in [0.15, 0.2) is 40.5 Å². The van der Waals surface area contributed by atoms with Crippen molar-refractivity contribution in [1.82, 2.24) is 15.0 Å². The van der Waals surface area contributed by atoms with E-state index in [1.807, 2.05) is 12.1 Å². The molecule has 6 nitrogen and oxygen atoms in total. The zero-order chi connectivity index (χ0) is 21.3. The summed E-state index contributed by atoms with van der Waals surface area (Å²) < 4.78 is 1.41. The summed E-state index contributed by atoms with van der Waals surface area (Å²) in [5, 5.41) is 4.74. The van der Waals surface area contributed by atoms with Gasteiger partial charge in [-0.15, -0.1) is 11.3 Å². The van der Waals surface area contributed by atoms with Gasteiger partial charge >= 0.3 is 0 Å². The molecule has 3 aromatic rings. The van der Waals surface area contributed by atoms with Crippen LogP contribution in [0.1, 0.15) is 67.1 Å². The van der Waals surface area contributed by atoms with Gasteiger partial charge in [-0.05, 0) is 55.2 Å². The third-order valence-corrected chi connectivity index (χ3v) is 6.89. The van der Waals surface area contributed by atoms with Crippen molar-refractivity contribution in [2.45, 2.75) is 58.4 Å². The number of hydrogen-bond donors (Lipinski definition) is 1. The normalized spacial score (nSPS) is 14.9. The lowest BCUT2D eigenvalue weighted by atomic mass is 9.97. The molecule has 0 saturated heterocycles. The van der Waals surface area contributed by atoms with Gasteiger partial charge in [0.1, 0.15) is 10.9 Å². The van der Waals surface area contributed by atoms with E-state index in [-0.39, 0.29) is 11.5 Å². The first-order valence-electron chi connectivity index (χ1n) is 10.4. The van der Waals surface area contributed by atoms with Crippen molar-refractivity contribution in [2.24, 2.45) is 5.10 Å². The van der Waals surface area contributed by atoms with Gasteiger partial charge in [-0.25, -0.2) is 10.4 Å². The molecular formula is C23H26N4O2S. The maximum atomic E-state index is 13.1. The first kappa shape index (κ1) is 20.5. The maximum absolute atomic E-state index is 13.1. The number of carbonyl (C=O) groups excluding carboxylic acids is 1. The number of nitrogens with zero attached hydrogens (tertiary/aromatic N) is 3. The Hall–Kier alpha value is -2.80. The van der Waals surface area contributed by atoms with Crippen LogP contribution in [-0.2, 0) is 17.6 Å². The summed E-state index contributed by atoms with van der Waals surface area (Å²) in [6, 6.07) is 7.35. The van der Waals surface area contributed by atoms with Gasteiger partial charge in [0.25, 0.3) is 11.5 Å². The zero-order valence-corrected chi connectivity index (χ0v) is 18.3. The fourth-order valence-electron chi connectivity index (χ4n) is 3.79. The molecule has 7 heteroatoms. The average Bonchev–Trinajstić information content (AvgIpc) is 3.13. The van der Waals surface area contributed by atoms with Crippen LogP contribution < -0.4 is 11.0 Å². The quantitative estimate of drug-likeness (QED) is 0.495. The highest BCUT2D eigenvalue weighted by Gasteiger charge is 2.23. The van der Waals surface area contributed by atoms with E-state index in [1.165, 1.54) is 21.3 Å². The number of fused-ring (bicyclic) bond motifs is 3. The Labute approximate surface area is 179 Å². The highest BCUT2D eigenvalue weighted by atomic mass is 32.1. The Kier molecular flexibility index (Phi) is 5.81. The monoisotopic (exact) mass is 422 g/mol. The molecule has 2 aromatic heterocycles. The largest absolute Gasteiger partial charge is 0.286 e. The summed E-state index contributed by atoms with van der Waals surface area (Å²) in [5.74, 6) is 0.118. The summed E-state index contributed by atoms with van der Waals surface area (Å²) in [5.41, 5.74) is 5.68. The average molecular weight is 423 g/mol. The molecule has 4 rings (SSSR count). The molecule has 0 saturated carbocycles. The minimum absolute atomic E-state index is 0.143. The van der Waals surface area contributed by atoms with Crippen molar-refractivity contribution in [3.63, 3.8) is 0 Å². The number of nitrogens with one attached hydrogen (secondary N) is 1. The number of hydrogen-bond acceptors (Lipinski definition) is 5. The van der Waals surface area contributed by atoms with Crippen LogP contribution >= 0.6 is 11.3 Å². The molecule has 1 aromatic carbocycles. The molecule has 0 bridgehead atoms. The van der Waals surface area contributed by atoms with Crippen LogP contribution in [0, 0.1) is 0 Å². The Morgan fingerprint density at radius 1 is 1.20 bits per heavy atom. The van der Waals surface area contributed by atoms with Crippen LogP contribution in [0.2, 0.25) is 0 Å². The molecule has 30 heavy (non-hydrogen) atoms. The fraction of sp³-hybridized carbons (Fsp3) is 0.391. The molecule has 0 fully saturated rings. The smallest absolute Gasteiger partial charge is 0.263 e. The number of amides is 1. The van der Waals surface area contributed by atoms with Gasteiger partial charge in [0.15, 0.2) is 0 Å². The van der Waals surface area contributed by atoms with E-state index in [4.69, 9.17) is 0 Å². The van der Waals surface area contributed by atoms with E-state index in [9.17, 15) is 9.59 Å². The highest BCUT2D eigenvalue weighted by Crippen LogP contribution is 2.33. The molecule has 156 valence electrons. The lowest BCUT2D eigenvalue weighted by Gasteiger charge is -2.14. The SMILES string of the molecule is CC(C)c1ccc(C=NNC(=O)[C@H](C)n2cnc3sc4c(c3c2=O)CCCC4)cc1. The van der Waals surface area contributed by atoms with E-state index in [0.717, 1.165) is 41.6 Å². The number of aryl methyl sites for hydroxylation is 2. The van der Waals surface area contributed by atoms with Crippen molar-refractivity contribution in [1.29, 1.82) is 0 Å². The van der Waals surface area contributed by atoms with Crippen LogP contribution in [0.3, 0.4) is 0 Å². The van der Waals surface area contributed by atoms with Gasteiger partial charge in [0.05, 0.1) is 17.9 Å². The topological polar surface area (TPSA) is 76.3 Å². The second kappa shape index (κ2) is 8.52. The minimum Gasteiger partial charge on any atom is -0.286 e. The maximum Gasteiger partial charge on any atom is 0.263 e. The van der Waals surface area contributed by atoms with Gasteiger partial charge < -0.3 is 0 Å². The summed E-state index contributed by atoms with van der Waals surface area (Å²) in [7, 11) is 0. The Morgan fingerprint density at radius 3 is 2.67 bits per heavy atom.